The Bertz CT molecular complexity index is 616. The van der Waals surface area contributed by atoms with Gasteiger partial charge < -0.3 is 9.47 Å². The fourth-order valence-corrected chi connectivity index (χ4v) is 3.39. The van der Waals surface area contributed by atoms with Crippen molar-refractivity contribution in [2.75, 3.05) is 14.2 Å². The highest BCUT2D eigenvalue weighted by molar-refractivity contribution is 5.32. The highest BCUT2D eigenvalue weighted by Gasteiger charge is 2.19. The third-order valence-electron chi connectivity index (χ3n) is 5.29. The van der Waals surface area contributed by atoms with Gasteiger partial charge in [-0.1, -0.05) is 58.9 Å². The summed E-state index contributed by atoms with van der Waals surface area (Å²) < 4.78 is 10.6. The number of benzene rings is 2. The summed E-state index contributed by atoms with van der Waals surface area (Å²) in [5.74, 6) is 3.66. The van der Waals surface area contributed by atoms with Gasteiger partial charge in [-0.3, -0.25) is 0 Å². The van der Waals surface area contributed by atoms with Crippen LogP contribution in [0.4, 0.5) is 0 Å². The molecule has 2 nitrogen and oxygen atoms in total. The van der Waals surface area contributed by atoms with Crippen LogP contribution >= 0.6 is 0 Å². The number of ether oxygens (including phenoxy) is 2. The molecular formula is C24H36O2. The second kappa shape index (κ2) is 10.9. The normalized spacial score (nSPS) is 14.0. The number of rotatable bonds is 9. The smallest absolute Gasteiger partial charge is 0.118 e. The molecule has 0 amide bonds. The molecule has 2 aromatic rings. The van der Waals surface area contributed by atoms with Gasteiger partial charge in [0.15, 0.2) is 0 Å². The zero-order valence-corrected chi connectivity index (χ0v) is 16.3. The molecule has 2 rings (SSSR count). The Labute approximate surface area is 160 Å². The average Bonchev–Trinajstić information content (AvgIpc) is 2.67. The first kappa shape index (κ1) is 22.1. The minimum Gasteiger partial charge on any atom is -0.497 e. The van der Waals surface area contributed by atoms with Crippen LogP contribution in [0.3, 0.4) is 0 Å². The summed E-state index contributed by atoms with van der Waals surface area (Å²) in [4.78, 5) is 0. The van der Waals surface area contributed by atoms with Gasteiger partial charge in [-0.05, 0) is 66.0 Å². The molecule has 0 saturated heterocycles. The molecular weight excluding hydrogens is 320 g/mol. The topological polar surface area (TPSA) is 18.5 Å². The van der Waals surface area contributed by atoms with Crippen LogP contribution < -0.4 is 9.47 Å². The second-order valence-corrected chi connectivity index (χ2v) is 7.13. The van der Waals surface area contributed by atoms with Crippen LogP contribution in [0, 0.1) is 5.92 Å². The van der Waals surface area contributed by atoms with E-state index in [0.717, 1.165) is 23.8 Å². The average molecular weight is 357 g/mol. The molecule has 2 aromatic carbocycles. The zero-order chi connectivity index (χ0) is 18.2. The Morgan fingerprint density at radius 2 is 1.19 bits per heavy atom. The van der Waals surface area contributed by atoms with Crippen LogP contribution in [0.5, 0.6) is 11.5 Å². The summed E-state index contributed by atoms with van der Waals surface area (Å²) in [7, 11) is 3.43. The molecule has 0 radical (unpaired) electrons. The van der Waals surface area contributed by atoms with Gasteiger partial charge in [0.1, 0.15) is 11.5 Å². The van der Waals surface area contributed by atoms with Crippen molar-refractivity contribution in [1.82, 2.24) is 0 Å². The quantitative estimate of drug-likeness (QED) is 0.479. The lowest BCUT2D eigenvalue weighted by molar-refractivity contribution is 0.409. The van der Waals surface area contributed by atoms with E-state index in [1.807, 2.05) is 0 Å². The molecule has 0 fully saturated rings. The fourth-order valence-electron chi connectivity index (χ4n) is 3.39. The lowest BCUT2D eigenvalue weighted by Crippen LogP contribution is -2.09. The molecule has 0 saturated carbocycles. The Balaban J connectivity index is 0.00000338. The fraction of sp³-hybridized carbons (Fsp3) is 0.500. The third-order valence-corrected chi connectivity index (χ3v) is 5.29. The van der Waals surface area contributed by atoms with Crippen molar-refractivity contribution in [3.8, 4) is 11.5 Å². The van der Waals surface area contributed by atoms with E-state index in [-0.39, 0.29) is 7.43 Å². The molecule has 2 heteroatoms. The molecule has 3 atom stereocenters. The van der Waals surface area contributed by atoms with Crippen molar-refractivity contribution < 1.29 is 9.47 Å². The van der Waals surface area contributed by atoms with E-state index < -0.39 is 0 Å². The maximum atomic E-state index is 5.31. The predicted molar refractivity (Wildman–Crippen MR) is 113 cm³/mol. The molecule has 0 aromatic heterocycles. The van der Waals surface area contributed by atoms with Crippen LogP contribution in [-0.4, -0.2) is 14.2 Å². The van der Waals surface area contributed by atoms with Crippen molar-refractivity contribution in [3.05, 3.63) is 59.7 Å². The van der Waals surface area contributed by atoms with Gasteiger partial charge in [0.2, 0.25) is 0 Å². The van der Waals surface area contributed by atoms with Gasteiger partial charge in [0.05, 0.1) is 14.2 Å². The SMILES string of the molecule is C.CCC(C)C[C@@H](CC(C)c1ccc(OC)cc1)c1ccc(OC)cc1. The monoisotopic (exact) mass is 356 g/mol. The molecule has 0 heterocycles. The van der Waals surface area contributed by atoms with E-state index in [1.165, 1.54) is 24.0 Å². The minimum absolute atomic E-state index is 0. The second-order valence-electron chi connectivity index (χ2n) is 7.13. The first-order chi connectivity index (χ1) is 12.1. The van der Waals surface area contributed by atoms with Crippen LogP contribution in [0.15, 0.2) is 48.5 Å². The Morgan fingerprint density at radius 1 is 0.731 bits per heavy atom. The van der Waals surface area contributed by atoms with Crippen LogP contribution in [0.1, 0.15) is 70.4 Å². The van der Waals surface area contributed by atoms with Crippen molar-refractivity contribution in [2.45, 2.75) is 59.3 Å². The van der Waals surface area contributed by atoms with Crippen molar-refractivity contribution >= 4 is 0 Å². The summed E-state index contributed by atoms with van der Waals surface area (Å²) in [6.45, 7) is 6.96. The van der Waals surface area contributed by atoms with Gasteiger partial charge >= 0.3 is 0 Å². The molecule has 0 aliphatic rings. The highest BCUT2D eigenvalue weighted by Crippen LogP contribution is 2.35. The van der Waals surface area contributed by atoms with E-state index >= 15 is 0 Å². The van der Waals surface area contributed by atoms with Crippen LogP contribution in [-0.2, 0) is 0 Å². The molecule has 0 aliphatic carbocycles. The molecule has 2 unspecified atom stereocenters. The first-order valence-corrected chi connectivity index (χ1v) is 9.35. The van der Waals surface area contributed by atoms with Crippen molar-refractivity contribution in [2.24, 2.45) is 5.92 Å². The Kier molecular flexibility index (Phi) is 9.26. The number of hydrogen-bond acceptors (Lipinski definition) is 2. The maximum absolute atomic E-state index is 5.31. The van der Waals surface area contributed by atoms with Crippen molar-refractivity contribution in [1.29, 1.82) is 0 Å². The van der Waals surface area contributed by atoms with Gasteiger partial charge in [-0.15, -0.1) is 0 Å². The molecule has 144 valence electrons. The number of hydrogen-bond donors (Lipinski definition) is 0. The minimum atomic E-state index is 0. The largest absolute Gasteiger partial charge is 0.497 e. The van der Waals surface area contributed by atoms with Crippen LogP contribution in [0.25, 0.3) is 0 Å². The van der Waals surface area contributed by atoms with E-state index in [0.29, 0.717) is 11.8 Å². The summed E-state index contributed by atoms with van der Waals surface area (Å²) in [6, 6.07) is 17.1. The molecule has 26 heavy (non-hydrogen) atoms. The van der Waals surface area contributed by atoms with Gasteiger partial charge in [-0.25, -0.2) is 0 Å². The first-order valence-electron chi connectivity index (χ1n) is 9.35. The van der Waals surface area contributed by atoms with E-state index in [9.17, 15) is 0 Å². The van der Waals surface area contributed by atoms with Crippen molar-refractivity contribution in [3.63, 3.8) is 0 Å². The molecule has 0 N–H and O–H groups in total. The van der Waals surface area contributed by atoms with E-state index in [1.54, 1.807) is 14.2 Å². The number of methoxy groups -OCH3 is 2. The summed E-state index contributed by atoms with van der Waals surface area (Å²) in [5, 5.41) is 0. The van der Waals surface area contributed by atoms with Gasteiger partial charge in [0, 0.05) is 0 Å². The Morgan fingerprint density at radius 3 is 1.62 bits per heavy atom. The molecule has 0 aliphatic heterocycles. The standard InChI is InChI=1S/C23H32O2.CH4/c1-6-17(2)15-21(20-9-13-23(25-5)14-10-20)16-18(3)19-7-11-22(24-4)12-8-19;/h7-14,17-18,21H,6,15-16H2,1-5H3;1H4/t17?,18?,21-;/m0./s1. The van der Waals surface area contributed by atoms with Gasteiger partial charge in [0.25, 0.3) is 0 Å². The predicted octanol–water partition coefficient (Wildman–Crippen LogP) is 7.05. The summed E-state index contributed by atoms with van der Waals surface area (Å²) >= 11 is 0. The molecule has 0 bridgehead atoms. The molecule has 0 spiro atoms. The van der Waals surface area contributed by atoms with E-state index in [4.69, 9.17) is 9.47 Å². The van der Waals surface area contributed by atoms with E-state index in [2.05, 4.69) is 69.3 Å². The Hall–Kier alpha value is -1.96. The van der Waals surface area contributed by atoms with Crippen LogP contribution in [0.2, 0.25) is 0 Å². The van der Waals surface area contributed by atoms with Gasteiger partial charge in [-0.2, -0.15) is 0 Å². The lowest BCUT2D eigenvalue weighted by atomic mass is 9.81. The lowest BCUT2D eigenvalue weighted by Gasteiger charge is -2.25. The summed E-state index contributed by atoms with van der Waals surface area (Å²) in [5.41, 5.74) is 2.80. The third kappa shape index (κ3) is 6.09. The zero-order valence-electron chi connectivity index (χ0n) is 16.3. The summed E-state index contributed by atoms with van der Waals surface area (Å²) in [6.07, 6.45) is 3.61. The maximum Gasteiger partial charge on any atom is 0.118 e. The highest BCUT2D eigenvalue weighted by atomic mass is 16.5.